The number of anilines is 1. The summed E-state index contributed by atoms with van der Waals surface area (Å²) < 4.78 is 38.5. The van der Waals surface area contributed by atoms with Gasteiger partial charge in [0, 0.05) is 31.4 Å². The zero-order chi connectivity index (χ0) is 14.2. The molecule has 19 heavy (non-hydrogen) atoms. The third kappa shape index (κ3) is 3.21. The molecule has 1 saturated heterocycles. The second kappa shape index (κ2) is 5.04. The lowest BCUT2D eigenvalue weighted by Crippen LogP contribution is -2.50. The van der Waals surface area contributed by atoms with Crippen molar-refractivity contribution in [1.82, 2.24) is 4.90 Å². The molecule has 2 rings (SSSR count). The monoisotopic (exact) mass is 272 g/mol. The number of alkyl halides is 3. The van der Waals surface area contributed by atoms with Crippen LogP contribution in [0.4, 0.5) is 18.9 Å². The fourth-order valence-corrected chi connectivity index (χ4v) is 2.39. The molecule has 0 aromatic heterocycles. The number of hydrogen-bond acceptors (Lipinski definition) is 2. The van der Waals surface area contributed by atoms with Gasteiger partial charge in [-0.3, -0.25) is 0 Å². The second-order valence-electron chi connectivity index (χ2n) is 5.33. The van der Waals surface area contributed by atoms with E-state index < -0.39 is 11.7 Å². The number of benzene rings is 1. The summed E-state index contributed by atoms with van der Waals surface area (Å²) in [6.07, 6.45) is -4.28. The van der Waals surface area contributed by atoms with Crippen molar-refractivity contribution in [3.05, 3.63) is 29.3 Å². The summed E-state index contributed by atoms with van der Waals surface area (Å²) in [6, 6.07) is 4.63. The highest BCUT2D eigenvalue weighted by molar-refractivity contribution is 5.52. The summed E-state index contributed by atoms with van der Waals surface area (Å²) in [6.45, 7) is 6.19. The van der Waals surface area contributed by atoms with E-state index in [0.717, 1.165) is 19.6 Å². The molecule has 1 aliphatic rings. The molecule has 0 saturated carbocycles. The van der Waals surface area contributed by atoms with Crippen molar-refractivity contribution >= 4 is 5.69 Å². The van der Waals surface area contributed by atoms with Crippen LogP contribution in [0.3, 0.4) is 0 Å². The Morgan fingerprint density at radius 2 is 1.84 bits per heavy atom. The molecular weight excluding hydrogens is 253 g/mol. The number of piperazine rings is 1. The molecule has 1 heterocycles. The molecule has 2 nitrogen and oxygen atoms in total. The highest BCUT2D eigenvalue weighted by Crippen LogP contribution is 2.33. The van der Waals surface area contributed by atoms with E-state index in [1.165, 1.54) is 12.1 Å². The van der Waals surface area contributed by atoms with E-state index in [9.17, 15) is 13.2 Å². The molecule has 5 heteroatoms. The number of hydrogen-bond donors (Lipinski definition) is 0. The topological polar surface area (TPSA) is 6.48 Å². The molecule has 0 N–H and O–H groups in total. The number of nitrogens with zero attached hydrogens (tertiary/aromatic N) is 2. The lowest BCUT2D eigenvalue weighted by Gasteiger charge is -2.39. The standard InChI is InChI=1S/C14H19F3N2/c1-10-6-12(14(15,16)17)8-13(7-10)19-5-4-18(3)11(2)9-19/h6-8,11H,4-5,9H2,1-3H3/t11-/m1/s1. The first-order valence-corrected chi connectivity index (χ1v) is 6.41. The van der Waals surface area contributed by atoms with E-state index in [0.29, 0.717) is 17.3 Å². The first-order chi connectivity index (χ1) is 8.77. The van der Waals surface area contributed by atoms with Gasteiger partial charge in [0.2, 0.25) is 0 Å². The molecule has 0 spiro atoms. The Morgan fingerprint density at radius 3 is 2.42 bits per heavy atom. The van der Waals surface area contributed by atoms with Crippen molar-refractivity contribution in [2.45, 2.75) is 26.1 Å². The predicted molar refractivity (Wildman–Crippen MR) is 70.5 cm³/mol. The van der Waals surface area contributed by atoms with E-state index >= 15 is 0 Å². The fourth-order valence-electron chi connectivity index (χ4n) is 2.39. The van der Waals surface area contributed by atoms with Crippen molar-refractivity contribution in [3.8, 4) is 0 Å². The van der Waals surface area contributed by atoms with Gasteiger partial charge in [-0.2, -0.15) is 13.2 Å². The van der Waals surface area contributed by atoms with Gasteiger partial charge in [-0.1, -0.05) is 0 Å². The minimum Gasteiger partial charge on any atom is -0.369 e. The van der Waals surface area contributed by atoms with Crippen molar-refractivity contribution in [2.24, 2.45) is 0 Å². The molecule has 0 unspecified atom stereocenters. The van der Waals surface area contributed by atoms with Crippen LogP contribution in [0.1, 0.15) is 18.1 Å². The normalized spacial score (nSPS) is 21.8. The Kier molecular flexibility index (Phi) is 3.76. The SMILES string of the molecule is Cc1cc(N2CCN(C)[C@H](C)C2)cc(C(F)(F)F)c1. The highest BCUT2D eigenvalue weighted by atomic mass is 19.4. The van der Waals surface area contributed by atoms with E-state index in [4.69, 9.17) is 0 Å². The average molecular weight is 272 g/mol. The lowest BCUT2D eigenvalue weighted by atomic mass is 10.1. The van der Waals surface area contributed by atoms with E-state index in [-0.39, 0.29) is 0 Å². The van der Waals surface area contributed by atoms with Crippen LogP contribution in [0.2, 0.25) is 0 Å². The summed E-state index contributed by atoms with van der Waals surface area (Å²) in [5, 5.41) is 0. The lowest BCUT2D eigenvalue weighted by molar-refractivity contribution is -0.137. The van der Waals surface area contributed by atoms with E-state index in [1.807, 2.05) is 18.0 Å². The van der Waals surface area contributed by atoms with Crippen LogP contribution in [0.25, 0.3) is 0 Å². The number of rotatable bonds is 1. The van der Waals surface area contributed by atoms with Gasteiger partial charge in [-0.15, -0.1) is 0 Å². The van der Waals surface area contributed by atoms with Crippen LogP contribution in [0.15, 0.2) is 18.2 Å². The van der Waals surface area contributed by atoms with E-state index in [1.54, 1.807) is 6.92 Å². The smallest absolute Gasteiger partial charge is 0.369 e. The van der Waals surface area contributed by atoms with Crippen LogP contribution in [-0.2, 0) is 6.18 Å². The number of aryl methyl sites for hydroxylation is 1. The van der Waals surface area contributed by atoms with Crippen LogP contribution < -0.4 is 4.90 Å². The van der Waals surface area contributed by atoms with Crippen molar-refractivity contribution < 1.29 is 13.2 Å². The minimum atomic E-state index is -4.28. The van der Waals surface area contributed by atoms with E-state index in [2.05, 4.69) is 11.8 Å². The third-order valence-electron chi connectivity index (χ3n) is 3.71. The zero-order valence-corrected chi connectivity index (χ0v) is 11.5. The van der Waals surface area contributed by atoms with Gasteiger partial charge in [0.1, 0.15) is 0 Å². The molecule has 1 aliphatic heterocycles. The Labute approximate surface area is 111 Å². The molecule has 1 aromatic carbocycles. The minimum absolute atomic E-state index is 0.351. The molecule has 106 valence electrons. The van der Waals surface area contributed by atoms with Crippen LogP contribution in [0.5, 0.6) is 0 Å². The number of likely N-dealkylation sites (N-methyl/N-ethyl adjacent to an activating group) is 1. The first-order valence-electron chi connectivity index (χ1n) is 6.41. The first kappa shape index (κ1) is 14.2. The quantitative estimate of drug-likeness (QED) is 0.775. The van der Waals surface area contributed by atoms with Gasteiger partial charge >= 0.3 is 6.18 Å². The van der Waals surface area contributed by atoms with Gasteiger partial charge in [-0.05, 0) is 44.7 Å². The Balaban J connectivity index is 2.28. The summed E-state index contributed by atoms with van der Waals surface area (Å²) in [5.41, 5.74) is 0.762. The maximum Gasteiger partial charge on any atom is 0.416 e. The second-order valence-corrected chi connectivity index (χ2v) is 5.33. The Hall–Kier alpha value is -1.23. The van der Waals surface area contributed by atoms with Crippen molar-refractivity contribution in [1.29, 1.82) is 0 Å². The molecule has 0 amide bonds. The summed E-state index contributed by atoms with van der Waals surface area (Å²) in [4.78, 5) is 4.25. The van der Waals surface area contributed by atoms with Crippen LogP contribution in [-0.4, -0.2) is 37.6 Å². The Bertz CT molecular complexity index is 456. The maximum absolute atomic E-state index is 12.8. The zero-order valence-electron chi connectivity index (χ0n) is 11.5. The maximum atomic E-state index is 12.8. The largest absolute Gasteiger partial charge is 0.416 e. The number of halogens is 3. The molecule has 0 bridgehead atoms. The van der Waals surface area contributed by atoms with Gasteiger partial charge in [0.25, 0.3) is 0 Å². The van der Waals surface area contributed by atoms with Gasteiger partial charge in [0.05, 0.1) is 5.56 Å². The molecule has 1 atom stereocenters. The van der Waals surface area contributed by atoms with Crippen LogP contribution in [0, 0.1) is 6.92 Å². The van der Waals surface area contributed by atoms with Gasteiger partial charge in [-0.25, -0.2) is 0 Å². The van der Waals surface area contributed by atoms with Crippen LogP contribution >= 0.6 is 0 Å². The molecular formula is C14H19F3N2. The molecule has 0 aliphatic carbocycles. The average Bonchev–Trinajstić information content (AvgIpc) is 2.31. The Morgan fingerprint density at radius 1 is 1.16 bits per heavy atom. The van der Waals surface area contributed by atoms with Crippen molar-refractivity contribution in [2.75, 3.05) is 31.6 Å². The summed E-state index contributed by atoms with van der Waals surface area (Å²) in [7, 11) is 2.04. The molecule has 1 fully saturated rings. The summed E-state index contributed by atoms with van der Waals surface area (Å²) >= 11 is 0. The van der Waals surface area contributed by atoms with Gasteiger partial charge in [0.15, 0.2) is 0 Å². The predicted octanol–water partition coefficient (Wildman–Crippen LogP) is 3.15. The fraction of sp³-hybridized carbons (Fsp3) is 0.571. The highest BCUT2D eigenvalue weighted by Gasteiger charge is 2.32. The van der Waals surface area contributed by atoms with Gasteiger partial charge < -0.3 is 9.80 Å². The summed E-state index contributed by atoms with van der Waals surface area (Å²) in [5.74, 6) is 0. The molecule has 1 aromatic rings. The third-order valence-corrected chi connectivity index (χ3v) is 3.71. The van der Waals surface area contributed by atoms with Crippen molar-refractivity contribution in [3.63, 3.8) is 0 Å². The molecule has 0 radical (unpaired) electrons.